The zero-order valence-corrected chi connectivity index (χ0v) is 14.8. The lowest BCUT2D eigenvalue weighted by atomic mass is 9.89. The number of carbonyl (C=O) groups is 1. The predicted molar refractivity (Wildman–Crippen MR) is 108 cm³/mol. The molecule has 2 aromatic carbocycles. The summed E-state index contributed by atoms with van der Waals surface area (Å²) in [6.07, 6.45) is 9.34. The minimum atomic E-state index is -0.346. The molecule has 1 aliphatic carbocycles. The van der Waals surface area contributed by atoms with Gasteiger partial charge in [0.05, 0.1) is 17.1 Å². The van der Waals surface area contributed by atoms with Gasteiger partial charge in [0.1, 0.15) is 0 Å². The van der Waals surface area contributed by atoms with Crippen LogP contribution in [0.15, 0.2) is 94.8 Å². The second-order valence-electron chi connectivity index (χ2n) is 6.52. The summed E-state index contributed by atoms with van der Waals surface area (Å²) >= 11 is 0. The summed E-state index contributed by atoms with van der Waals surface area (Å²) in [6, 6.07) is 15.6. The molecule has 6 heteroatoms. The molecule has 1 aromatic heterocycles. The average Bonchev–Trinajstić information content (AvgIpc) is 2.75. The lowest BCUT2D eigenvalue weighted by molar-refractivity contribution is -0.119. The Kier molecular flexibility index (Phi) is 3.87. The SMILES string of the molecule is O=C1N=NC(c2ccc(Nc3ncc4ccccc4n3)cc2)=C2C=CC=CC12. The number of anilines is 2. The second kappa shape index (κ2) is 6.66. The van der Waals surface area contributed by atoms with Crippen molar-refractivity contribution in [3.63, 3.8) is 0 Å². The van der Waals surface area contributed by atoms with E-state index in [2.05, 4.69) is 25.5 Å². The van der Waals surface area contributed by atoms with Crippen molar-refractivity contribution in [2.45, 2.75) is 0 Å². The summed E-state index contributed by atoms with van der Waals surface area (Å²) in [6.45, 7) is 0. The van der Waals surface area contributed by atoms with Crippen LogP contribution in [-0.2, 0) is 4.79 Å². The van der Waals surface area contributed by atoms with Crippen LogP contribution in [0.5, 0.6) is 0 Å². The number of nitrogens with one attached hydrogen (secondary N) is 1. The standard InChI is InChI=1S/C22H15N5O/c28-21-18-7-3-2-6-17(18)20(26-27-21)14-9-11-16(12-10-14)24-22-23-13-15-5-1-4-8-19(15)25-22/h1-13,18H,(H,23,24,25). The Hall–Kier alpha value is -3.93. The van der Waals surface area contributed by atoms with Gasteiger partial charge in [-0.2, -0.15) is 0 Å². The van der Waals surface area contributed by atoms with Crippen molar-refractivity contribution in [1.29, 1.82) is 0 Å². The van der Waals surface area contributed by atoms with E-state index in [1.54, 1.807) is 6.20 Å². The number of rotatable bonds is 3. The average molecular weight is 365 g/mol. The van der Waals surface area contributed by atoms with Crippen LogP contribution in [0.25, 0.3) is 16.6 Å². The zero-order valence-electron chi connectivity index (χ0n) is 14.8. The number of aromatic nitrogens is 2. The van der Waals surface area contributed by atoms with E-state index in [-0.39, 0.29) is 11.8 Å². The quantitative estimate of drug-likeness (QED) is 0.722. The van der Waals surface area contributed by atoms with Gasteiger partial charge in [0, 0.05) is 22.8 Å². The Labute approximate surface area is 161 Å². The molecule has 0 radical (unpaired) electrons. The first kappa shape index (κ1) is 16.3. The van der Waals surface area contributed by atoms with E-state index < -0.39 is 0 Å². The molecule has 0 saturated carbocycles. The molecule has 2 heterocycles. The molecule has 2 aliphatic rings. The number of nitrogens with zero attached hydrogens (tertiary/aromatic N) is 4. The first-order valence-electron chi connectivity index (χ1n) is 8.92. The number of allylic oxidation sites excluding steroid dienone is 3. The molecule has 1 unspecified atom stereocenters. The van der Waals surface area contributed by atoms with E-state index in [4.69, 9.17) is 0 Å². The molecular weight excluding hydrogens is 350 g/mol. The van der Waals surface area contributed by atoms with Crippen molar-refractivity contribution >= 4 is 34.1 Å². The van der Waals surface area contributed by atoms with Gasteiger partial charge in [-0.05, 0) is 23.8 Å². The van der Waals surface area contributed by atoms with Gasteiger partial charge in [0.15, 0.2) is 0 Å². The molecule has 1 atom stereocenters. The largest absolute Gasteiger partial charge is 0.324 e. The number of hydrogen-bond donors (Lipinski definition) is 1. The normalized spacial score (nSPS) is 17.9. The fourth-order valence-corrected chi connectivity index (χ4v) is 3.30. The third-order valence-corrected chi connectivity index (χ3v) is 4.72. The molecular formula is C22H15N5O. The summed E-state index contributed by atoms with van der Waals surface area (Å²) in [5.74, 6) is -0.0377. The number of amides is 1. The van der Waals surface area contributed by atoms with Crippen molar-refractivity contribution in [2.24, 2.45) is 16.1 Å². The van der Waals surface area contributed by atoms with Crippen LogP contribution < -0.4 is 5.32 Å². The first-order valence-corrected chi connectivity index (χ1v) is 8.92. The maximum absolute atomic E-state index is 12.0. The van der Waals surface area contributed by atoms with Crippen LogP contribution in [-0.4, -0.2) is 15.9 Å². The van der Waals surface area contributed by atoms with Crippen molar-refractivity contribution in [1.82, 2.24) is 9.97 Å². The van der Waals surface area contributed by atoms with Gasteiger partial charge < -0.3 is 5.32 Å². The lowest BCUT2D eigenvalue weighted by Gasteiger charge is -2.19. The smallest absolute Gasteiger partial charge is 0.276 e. The zero-order chi connectivity index (χ0) is 18.9. The Balaban J connectivity index is 1.42. The summed E-state index contributed by atoms with van der Waals surface area (Å²) in [4.78, 5) is 20.8. The van der Waals surface area contributed by atoms with Crippen molar-refractivity contribution in [3.8, 4) is 0 Å². The molecule has 0 bridgehead atoms. The third-order valence-electron chi connectivity index (χ3n) is 4.72. The fraction of sp³-hybridized carbons (Fsp3) is 0.0455. The van der Waals surface area contributed by atoms with Crippen molar-refractivity contribution in [2.75, 3.05) is 5.32 Å². The van der Waals surface area contributed by atoms with Crippen LogP contribution >= 0.6 is 0 Å². The molecule has 0 saturated heterocycles. The van der Waals surface area contributed by atoms with E-state index >= 15 is 0 Å². The van der Waals surface area contributed by atoms with E-state index in [0.29, 0.717) is 5.95 Å². The number of fused-ring (bicyclic) bond motifs is 2. The third kappa shape index (κ3) is 2.91. The number of benzene rings is 2. The van der Waals surface area contributed by atoms with Crippen LogP contribution in [0.3, 0.4) is 0 Å². The Morgan fingerprint density at radius 1 is 0.929 bits per heavy atom. The summed E-state index contributed by atoms with van der Waals surface area (Å²) in [5, 5.41) is 12.2. The summed E-state index contributed by atoms with van der Waals surface area (Å²) < 4.78 is 0. The molecule has 1 N–H and O–H groups in total. The predicted octanol–water partition coefficient (Wildman–Crippen LogP) is 4.82. The van der Waals surface area contributed by atoms with Crippen molar-refractivity contribution in [3.05, 3.63) is 90.2 Å². The van der Waals surface area contributed by atoms with Crippen molar-refractivity contribution < 1.29 is 4.79 Å². The van der Waals surface area contributed by atoms with Crippen LogP contribution in [0.4, 0.5) is 11.6 Å². The van der Waals surface area contributed by atoms with Crippen LogP contribution in [0.2, 0.25) is 0 Å². The number of para-hydroxylation sites is 1. The highest BCUT2D eigenvalue weighted by atomic mass is 16.2. The van der Waals surface area contributed by atoms with E-state index in [9.17, 15) is 4.79 Å². The molecule has 28 heavy (non-hydrogen) atoms. The summed E-state index contributed by atoms with van der Waals surface area (Å²) in [7, 11) is 0. The highest BCUT2D eigenvalue weighted by molar-refractivity contribution is 5.91. The van der Waals surface area contributed by atoms with Gasteiger partial charge in [-0.3, -0.25) is 4.79 Å². The van der Waals surface area contributed by atoms with Gasteiger partial charge >= 0.3 is 0 Å². The topological polar surface area (TPSA) is 79.6 Å². The molecule has 1 amide bonds. The Morgan fingerprint density at radius 3 is 2.68 bits per heavy atom. The Bertz CT molecular complexity index is 1210. The summed E-state index contributed by atoms with van der Waals surface area (Å²) in [5.41, 5.74) is 4.25. The van der Waals surface area contributed by atoms with Gasteiger partial charge in [0.2, 0.25) is 5.95 Å². The van der Waals surface area contributed by atoms with Gasteiger partial charge in [-0.15, -0.1) is 10.2 Å². The molecule has 5 rings (SSSR count). The molecule has 3 aromatic rings. The Morgan fingerprint density at radius 2 is 1.79 bits per heavy atom. The van der Waals surface area contributed by atoms with Gasteiger partial charge in [0.25, 0.3) is 5.91 Å². The van der Waals surface area contributed by atoms with Gasteiger partial charge in [-0.25, -0.2) is 9.97 Å². The highest BCUT2D eigenvalue weighted by Gasteiger charge is 2.27. The van der Waals surface area contributed by atoms with Crippen LogP contribution in [0, 0.1) is 5.92 Å². The van der Waals surface area contributed by atoms with E-state index in [1.165, 1.54) is 0 Å². The molecule has 0 spiro atoms. The second-order valence-corrected chi connectivity index (χ2v) is 6.52. The maximum atomic E-state index is 12.0. The lowest BCUT2D eigenvalue weighted by Crippen LogP contribution is -2.17. The highest BCUT2D eigenvalue weighted by Crippen LogP contribution is 2.34. The van der Waals surface area contributed by atoms with E-state index in [0.717, 1.165) is 33.4 Å². The van der Waals surface area contributed by atoms with E-state index in [1.807, 2.05) is 72.8 Å². The van der Waals surface area contributed by atoms with Crippen LogP contribution in [0.1, 0.15) is 5.56 Å². The minimum absolute atomic E-state index is 0.230. The maximum Gasteiger partial charge on any atom is 0.276 e. The fourth-order valence-electron chi connectivity index (χ4n) is 3.30. The number of azo groups is 1. The molecule has 0 fully saturated rings. The molecule has 6 nitrogen and oxygen atoms in total. The minimum Gasteiger partial charge on any atom is -0.324 e. The first-order chi connectivity index (χ1) is 13.8. The van der Waals surface area contributed by atoms with Gasteiger partial charge in [-0.1, -0.05) is 54.6 Å². The number of hydrogen-bond acceptors (Lipinski definition) is 5. The molecule has 1 aliphatic heterocycles. The molecule has 134 valence electrons. The number of carbonyl (C=O) groups excluding carboxylic acids is 1. The monoisotopic (exact) mass is 365 g/mol.